The first-order chi connectivity index (χ1) is 7.11. The third-order valence-corrected chi connectivity index (χ3v) is 2.82. The average Bonchev–Trinajstić information content (AvgIpc) is 2.19. The lowest BCUT2D eigenvalue weighted by Gasteiger charge is -2.01. The zero-order valence-electron chi connectivity index (χ0n) is 7.15. The number of fused-ring (bicyclic) bond motifs is 1. The summed E-state index contributed by atoms with van der Waals surface area (Å²) in [5, 5.41) is 11.1. The number of aromatic nitrogens is 2. The van der Waals surface area contributed by atoms with Gasteiger partial charge in [0.15, 0.2) is 0 Å². The van der Waals surface area contributed by atoms with Crippen LogP contribution in [-0.2, 0) is 0 Å². The second-order valence-corrected chi connectivity index (χ2v) is 3.96. The molecule has 0 radical (unpaired) electrons. The monoisotopic (exact) mass is 287 g/mol. The lowest BCUT2D eigenvalue weighted by atomic mass is 10.2. The van der Waals surface area contributed by atoms with Gasteiger partial charge in [0.25, 0.3) is 0 Å². The quantitative estimate of drug-likeness (QED) is 0.597. The van der Waals surface area contributed by atoms with E-state index in [0.717, 1.165) is 6.20 Å². The normalized spacial score (nSPS) is 10.5. The van der Waals surface area contributed by atoms with Gasteiger partial charge in [0.05, 0.1) is 14.9 Å². The fraction of sp³-hybridized carbons (Fsp3) is 0. The Hall–Kier alpha value is -1.27. The highest BCUT2D eigenvalue weighted by Gasteiger charge is 2.17. The van der Waals surface area contributed by atoms with Crippen LogP contribution in [0.5, 0.6) is 0 Å². The summed E-state index contributed by atoms with van der Waals surface area (Å²) in [6.45, 7) is 0. The Morgan fingerprint density at radius 3 is 2.80 bits per heavy atom. The van der Waals surface area contributed by atoms with E-state index < -0.39 is 4.92 Å². The van der Waals surface area contributed by atoms with Crippen molar-refractivity contribution < 1.29 is 4.92 Å². The Bertz CT molecular complexity index is 561. The first-order valence-electron chi connectivity index (χ1n) is 3.83. The van der Waals surface area contributed by atoms with Gasteiger partial charge in [0.1, 0.15) is 11.2 Å². The van der Waals surface area contributed by atoms with Crippen LogP contribution >= 0.6 is 27.5 Å². The van der Waals surface area contributed by atoms with Crippen molar-refractivity contribution >= 4 is 44.1 Å². The third kappa shape index (κ3) is 1.66. The second kappa shape index (κ2) is 3.71. The largest absolute Gasteiger partial charge is 0.306 e. The predicted molar refractivity (Wildman–Crippen MR) is 58.9 cm³/mol. The van der Waals surface area contributed by atoms with Crippen LogP contribution in [0.3, 0.4) is 0 Å². The molecule has 0 aliphatic rings. The Kier molecular flexibility index (Phi) is 2.54. The molecule has 0 spiro atoms. The van der Waals surface area contributed by atoms with Gasteiger partial charge in [-0.3, -0.25) is 15.1 Å². The van der Waals surface area contributed by atoms with Gasteiger partial charge in [-0.1, -0.05) is 11.6 Å². The summed E-state index contributed by atoms with van der Waals surface area (Å²) < 4.78 is 0.650. The molecule has 0 atom stereocenters. The van der Waals surface area contributed by atoms with Crippen LogP contribution in [0.25, 0.3) is 10.9 Å². The highest BCUT2D eigenvalue weighted by molar-refractivity contribution is 9.10. The second-order valence-electron chi connectivity index (χ2n) is 2.73. The van der Waals surface area contributed by atoms with Crippen LogP contribution < -0.4 is 0 Å². The van der Waals surface area contributed by atoms with Gasteiger partial charge in [-0.05, 0) is 15.9 Å². The lowest BCUT2D eigenvalue weighted by Crippen LogP contribution is -1.92. The van der Waals surface area contributed by atoms with Crippen LogP contribution in [0.4, 0.5) is 5.69 Å². The summed E-state index contributed by atoms with van der Waals surface area (Å²) in [5.74, 6) is 0. The van der Waals surface area contributed by atoms with E-state index in [1.165, 1.54) is 6.20 Å². The highest BCUT2D eigenvalue weighted by atomic mass is 79.9. The van der Waals surface area contributed by atoms with E-state index in [2.05, 4.69) is 25.9 Å². The summed E-state index contributed by atoms with van der Waals surface area (Å²) in [6.07, 6.45) is 4.13. The maximum absolute atomic E-state index is 10.6. The summed E-state index contributed by atoms with van der Waals surface area (Å²) >= 11 is 9.11. The molecule has 0 fully saturated rings. The topological polar surface area (TPSA) is 68.9 Å². The first kappa shape index (κ1) is 10.3. The third-order valence-electron chi connectivity index (χ3n) is 1.85. The van der Waals surface area contributed by atoms with E-state index >= 15 is 0 Å². The molecule has 2 rings (SSSR count). The highest BCUT2D eigenvalue weighted by Crippen LogP contribution is 2.32. The Labute approximate surface area is 97.4 Å². The van der Waals surface area contributed by atoms with Crippen LogP contribution in [0.1, 0.15) is 0 Å². The van der Waals surface area contributed by atoms with Crippen molar-refractivity contribution in [1.29, 1.82) is 0 Å². The number of hydrogen-bond acceptors (Lipinski definition) is 4. The van der Waals surface area contributed by atoms with Gasteiger partial charge in [0, 0.05) is 17.8 Å². The summed E-state index contributed by atoms with van der Waals surface area (Å²) in [4.78, 5) is 17.9. The van der Waals surface area contributed by atoms with Gasteiger partial charge in [-0.2, -0.15) is 0 Å². The average molecular weight is 288 g/mol. The molecule has 0 aromatic carbocycles. The molecule has 15 heavy (non-hydrogen) atoms. The summed E-state index contributed by atoms with van der Waals surface area (Å²) in [5.41, 5.74) is 0.338. The minimum atomic E-state index is -0.574. The van der Waals surface area contributed by atoms with Gasteiger partial charge >= 0.3 is 5.69 Å². The van der Waals surface area contributed by atoms with E-state index in [1.807, 2.05) is 0 Å². The number of nitrogens with zero attached hydrogens (tertiary/aromatic N) is 3. The molecule has 7 heteroatoms. The number of nitro groups is 1. The van der Waals surface area contributed by atoms with Crippen molar-refractivity contribution in [2.45, 2.75) is 0 Å². The molecule has 0 saturated carbocycles. The number of rotatable bonds is 1. The van der Waals surface area contributed by atoms with Crippen molar-refractivity contribution in [1.82, 2.24) is 9.97 Å². The van der Waals surface area contributed by atoms with Gasteiger partial charge in [-0.25, -0.2) is 4.98 Å². The molecule has 0 amide bonds. The predicted octanol–water partition coefficient (Wildman–Crippen LogP) is 2.95. The fourth-order valence-corrected chi connectivity index (χ4v) is 1.86. The molecule has 5 nitrogen and oxygen atoms in total. The van der Waals surface area contributed by atoms with Crippen molar-refractivity contribution in [3.05, 3.63) is 38.2 Å². The van der Waals surface area contributed by atoms with E-state index in [9.17, 15) is 10.1 Å². The van der Waals surface area contributed by atoms with E-state index in [4.69, 9.17) is 11.6 Å². The maximum atomic E-state index is 10.6. The molecule has 0 bridgehead atoms. The zero-order chi connectivity index (χ0) is 11.0. The minimum Gasteiger partial charge on any atom is -0.263 e. The van der Waals surface area contributed by atoms with E-state index in [1.54, 1.807) is 6.20 Å². The molecule has 2 heterocycles. The lowest BCUT2D eigenvalue weighted by molar-refractivity contribution is -0.384. The Balaban J connectivity index is 2.86. The zero-order valence-corrected chi connectivity index (χ0v) is 9.49. The van der Waals surface area contributed by atoms with E-state index in [0.29, 0.717) is 15.4 Å². The minimum absolute atomic E-state index is 0.0544. The van der Waals surface area contributed by atoms with Crippen molar-refractivity contribution in [2.24, 2.45) is 0 Å². The number of hydrogen-bond donors (Lipinski definition) is 0. The maximum Gasteiger partial charge on any atom is 0.306 e. The fourth-order valence-electron chi connectivity index (χ4n) is 1.17. The van der Waals surface area contributed by atoms with Gasteiger partial charge < -0.3 is 0 Å². The Morgan fingerprint density at radius 1 is 1.40 bits per heavy atom. The first-order valence-corrected chi connectivity index (χ1v) is 5.00. The van der Waals surface area contributed by atoms with Crippen molar-refractivity contribution in [2.75, 3.05) is 0 Å². The van der Waals surface area contributed by atoms with Crippen molar-refractivity contribution in [3.8, 4) is 0 Å². The molecule has 0 aliphatic carbocycles. The van der Waals surface area contributed by atoms with Gasteiger partial charge in [-0.15, -0.1) is 0 Å². The molecule has 2 aromatic rings. The van der Waals surface area contributed by atoms with E-state index in [-0.39, 0.29) is 10.7 Å². The number of pyridine rings is 2. The smallest absolute Gasteiger partial charge is 0.263 e. The molecular weight excluding hydrogens is 285 g/mol. The summed E-state index contributed by atoms with van der Waals surface area (Å²) in [6, 6.07) is 0. The molecule has 76 valence electrons. The molecular formula is C8H3BrClN3O2. The SMILES string of the molecule is O=[N+]([O-])c1cnc2c(Br)cncc2c1Cl. The van der Waals surface area contributed by atoms with Gasteiger partial charge in [0.2, 0.25) is 0 Å². The molecule has 0 unspecified atom stereocenters. The molecule has 2 aromatic heterocycles. The van der Waals surface area contributed by atoms with Crippen LogP contribution in [0.2, 0.25) is 5.02 Å². The van der Waals surface area contributed by atoms with Crippen LogP contribution in [0, 0.1) is 10.1 Å². The molecule has 0 saturated heterocycles. The Morgan fingerprint density at radius 2 is 2.13 bits per heavy atom. The molecule has 0 aliphatic heterocycles. The van der Waals surface area contributed by atoms with Crippen LogP contribution in [0.15, 0.2) is 23.1 Å². The molecule has 0 N–H and O–H groups in total. The number of halogens is 2. The standard InChI is InChI=1S/C8H3BrClN3O2/c9-5-2-11-1-4-7(10)6(13(14)15)3-12-8(4)5/h1-3H. The van der Waals surface area contributed by atoms with Crippen molar-refractivity contribution in [3.63, 3.8) is 0 Å². The van der Waals surface area contributed by atoms with Crippen LogP contribution in [-0.4, -0.2) is 14.9 Å². The summed E-state index contributed by atoms with van der Waals surface area (Å²) in [7, 11) is 0.